The van der Waals surface area contributed by atoms with E-state index >= 15 is 0 Å². The van der Waals surface area contributed by atoms with Crippen LogP contribution >= 0.6 is 0 Å². The largest absolute Gasteiger partial charge is 0.429 e. The molecule has 1 aliphatic heterocycles. The number of nitrogens with two attached hydrogens (primary N) is 1. The highest BCUT2D eigenvalue weighted by atomic mass is 16.4. The molecule has 2 rings (SSSR count). The summed E-state index contributed by atoms with van der Waals surface area (Å²) in [4.78, 5) is 4.14. The van der Waals surface area contributed by atoms with Gasteiger partial charge in [-0.05, 0) is 26.3 Å². The molecule has 0 aliphatic carbocycles. The molecule has 0 amide bonds. The normalized spacial score (nSPS) is 23.2. The molecule has 1 fully saturated rings. The Morgan fingerprint density at radius 3 is 3.00 bits per heavy atom. The second-order valence-corrected chi connectivity index (χ2v) is 3.14. The van der Waals surface area contributed by atoms with Gasteiger partial charge in [0.15, 0.2) is 0 Å². The molecule has 12 heavy (non-hydrogen) atoms. The molecule has 2 heterocycles. The molecule has 0 bridgehead atoms. The van der Waals surface area contributed by atoms with E-state index in [-0.39, 0.29) is 6.01 Å². The Balaban J connectivity index is 2.25. The fourth-order valence-electron chi connectivity index (χ4n) is 1.67. The Labute approximate surface area is 71.2 Å². The summed E-state index contributed by atoms with van der Waals surface area (Å²) in [6.07, 6.45) is 2.34. The van der Waals surface area contributed by atoms with Crippen LogP contribution in [0, 0.1) is 6.92 Å². The zero-order valence-electron chi connectivity index (χ0n) is 7.13. The molecule has 1 aliphatic rings. The predicted molar refractivity (Wildman–Crippen MR) is 45.6 cm³/mol. The van der Waals surface area contributed by atoms with Crippen molar-refractivity contribution in [2.45, 2.75) is 25.8 Å². The summed E-state index contributed by atoms with van der Waals surface area (Å²) in [5.74, 6) is 0.840. The fourth-order valence-corrected chi connectivity index (χ4v) is 1.67. The SMILES string of the molecule is Cc1oc(N)nc1C1CCCN1. The van der Waals surface area contributed by atoms with Gasteiger partial charge >= 0.3 is 0 Å². The lowest BCUT2D eigenvalue weighted by molar-refractivity contribution is 0.534. The van der Waals surface area contributed by atoms with Gasteiger partial charge in [0.2, 0.25) is 0 Å². The number of nitrogen functional groups attached to an aromatic ring is 1. The first-order chi connectivity index (χ1) is 5.77. The van der Waals surface area contributed by atoms with Crippen LogP contribution in [0.3, 0.4) is 0 Å². The lowest BCUT2D eigenvalue weighted by Crippen LogP contribution is -2.14. The van der Waals surface area contributed by atoms with Crippen LogP contribution in [0.5, 0.6) is 0 Å². The van der Waals surface area contributed by atoms with E-state index < -0.39 is 0 Å². The molecular formula is C8H13N3O. The minimum atomic E-state index is 0.274. The van der Waals surface area contributed by atoms with E-state index in [1.807, 2.05) is 6.92 Å². The van der Waals surface area contributed by atoms with E-state index in [0.717, 1.165) is 24.4 Å². The quantitative estimate of drug-likeness (QED) is 0.654. The van der Waals surface area contributed by atoms with Crippen molar-refractivity contribution in [3.8, 4) is 0 Å². The van der Waals surface area contributed by atoms with Gasteiger partial charge in [0.1, 0.15) is 11.5 Å². The Hall–Kier alpha value is -1.03. The van der Waals surface area contributed by atoms with Crippen molar-refractivity contribution in [1.82, 2.24) is 10.3 Å². The van der Waals surface area contributed by atoms with E-state index in [0.29, 0.717) is 6.04 Å². The van der Waals surface area contributed by atoms with Crippen LogP contribution in [0.2, 0.25) is 0 Å². The maximum atomic E-state index is 5.44. The molecule has 1 aromatic rings. The molecule has 1 saturated heterocycles. The summed E-state index contributed by atoms with van der Waals surface area (Å²) in [6, 6.07) is 0.627. The van der Waals surface area contributed by atoms with Gasteiger partial charge in [-0.2, -0.15) is 4.98 Å². The summed E-state index contributed by atoms with van der Waals surface area (Å²) < 4.78 is 5.15. The van der Waals surface area contributed by atoms with Crippen molar-refractivity contribution in [2.24, 2.45) is 0 Å². The van der Waals surface area contributed by atoms with Crippen LogP contribution in [0.25, 0.3) is 0 Å². The Morgan fingerprint density at radius 1 is 1.67 bits per heavy atom. The highest BCUT2D eigenvalue weighted by molar-refractivity contribution is 5.22. The number of nitrogens with one attached hydrogen (secondary N) is 1. The second-order valence-electron chi connectivity index (χ2n) is 3.14. The Morgan fingerprint density at radius 2 is 2.50 bits per heavy atom. The van der Waals surface area contributed by atoms with Gasteiger partial charge in [-0.15, -0.1) is 0 Å². The fraction of sp³-hybridized carbons (Fsp3) is 0.625. The van der Waals surface area contributed by atoms with Crippen LogP contribution in [0.1, 0.15) is 30.3 Å². The van der Waals surface area contributed by atoms with Crippen molar-refractivity contribution >= 4 is 6.01 Å². The monoisotopic (exact) mass is 167 g/mol. The molecule has 0 saturated carbocycles. The first-order valence-corrected chi connectivity index (χ1v) is 4.23. The third-order valence-electron chi connectivity index (χ3n) is 2.24. The van der Waals surface area contributed by atoms with E-state index in [1.54, 1.807) is 0 Å². The first-order valence-electron chi connectivity index (χ1n) is 4.23. The summed E-state index contributed by atoms with van der Waals surface area (Å²) in [7, 11) is 0. The minimum absolute atomic E-state index is 0.274. The third-order valence-corrected chi connectivity index (χ3v) is 2.24. The molecular weight excluding hydrogens is 154 g/mol. The number of hydrogen-bond acceptors (Lipinski definition) is 4. The van der Waals surface area contributed by atoms with Gasteiger partial charge < -0.3 is 15.5 Å². The molecule has 1 aromatic heterocycles. The summed E-state index contributed by atoms with van der Waals surface area (Å²) >= 11 is 0. The number of aryl methyl sites for hydroxylation is 1. The van der Waals surface area contributed by atoms with Crippen LogP contribution in [0.15, 0.2) is 4.42 Å². The molecule has 4 nitrogen and oxygen atoms in total. The molecule has 4 heteroatoms. The van der Waals surface area contributed by atoms with Crippen LogP contribution in [-0.4, -0.2) is 11.5 Å². The minimum Gasteiger partial charge on any atom is -0.429 e. The summed E-state index contributed by atoms with van der Waals surface area (Å²) in [5.41, 5.74) is 6.42. The number of hydrogen-bond donors (Lipinski definition) is 2. The number of aromatic nitrogens is 1. The molecule has 1 unspecified atom stereocenters. The summed E-state index contributed by atoms with van der Waals surface area (Å²) in [6.45, 7) is 2.97. The second kappa shape index (κ2) is 2.79. The highest BCUT2D eigenvalue weighted by Gasteiger charge is 2.21. The lowest BCUT2D eigenvalue weighted by Gasteiger charge is -2.05. The topological polar surface area (TPSA) is 64.1 Å². The van der Waals surface area contributed by atoms with Crippen LogP contribution in [-0.2, 0) is 0 Å². The van der Waals surface area contributed by atoms with Gasteiger partial charge in [-0.3, -0.25) is 0 Å². The smallest absolute Gasteiger partial charge is 0.292 e. The maximum Gasteiger partial charge on any atom is 0.292 e. The summed E-state index contributed by atoms with van der Waals surface area (Å²) in [5, 5.41) is 3.35. The van der Waals surface area contributed by atoms with Crippen molar-refractivity contribution < 1.29 is 4.42 Å². The zero-order valence-corrected chi connectivity index (χ0v) is 7.13. The van der Waals surface area contributed by atoms with E-state index in [4.69, 9.17) is 10.2 Å². The highest BCUT2D eigenvalue weighted by Crippen LogP contribution is 2.25. The van der Waals surface area contributed by atoms with Crippen molar-refractivity contribution in [1.29, 1.82) is 0 Å². The Kier molecular flexibility index (Phi) is 1.77. The van der Waals surface area contributed by atoms with Gasteiger partial charge in [0.05, 0.1) is 6.04 Å². The molecule has 66 valence electrons. The molecule has 1 atom stereocenters. The zero-order chi connectivity index (χ0) is 8.55. The third kappa shape index (κ3) is 1.18. The van der Waals surface area contributed by atoms with Crippen LogP contribution < -0.4 is 11.1 Å². The van der Waals surface area contributed by atoms with Crippen molar-refractivity contribution in [3.63, 3.8) is 0 Å². The number of oxazole rings is 1. The van der Waals surface area contributed by atoms with Gasteiger partial charge in [-0.1, -0.05) is 0 Å². The lowest BCUT2D eigenvalue weighted by atomic mass is 10.1. The molecule has 0 aromatic carbocycles. The molecule has 3 N–H and O–H groups in total. The number of anilines is 1. The average molecular weight is 167 g/mol. The predicted octanol–water partition coefficient (Wildman–Crippen LogP) is 0.990. The van der Waals surface area contributed by atoms with Gasteiger partial charge in [-0.25, -0.2) is 0 Å². The van der Waals surface area contributed by atoms with Gasteiger partial charge in [0, 0.05) is 0 Å². The van der Waals surface area contributed by atoms with Crippen molar-refractivity contribution in [3.05, 3.63) is 11.5 Å². The molecule has 0 radical (unpaired) electrons. The number of rotatable bonds is 1. The average Bonchev–Trinajstić information content (AvgIpc) is 2.58. The van der Waals surface area contributed by atoms with Gasteiger partial charge in [0.25, 0.3) is 6.01 Å². The van der Waals surface area contributed by atoms with E-state index in [9.17, 15) is 0 Å². The van der Waals surface area contributed by atoms with Crippen molar-refractivity contribution in [2.75, 3.05) is 12.3 Å². The Bertz CT molecular complexity index is 276. The standard InChI is InChI=1S/C8H13N3O/c1-5-7(11-8(9)12-5)6-3-2-4-10-6/h6,10H,2-4H2,1H3,(H2,9,11). The van der Waals surface area contributed by atoms with Crippen LogP contribution in [0.4, 0.5) is 6.01 Å². The van der Waals surface area contributed by atoms with E-state index in [1.165, 1.54) is 6.42 Å². The number of nitrogens with zero attached hydrogens (tertiary/aromatic N) is 1. The first kappa shape index (κ1) is 7.61. The molecule has 0 spiro atoms. The van der Waals surface area contributed by atoms with E-state index in [2.05, 4.69) is 10.3 Å². The maximum absolute atomic E-state index is 5.44.